The van der Waals surface area contributed by atoms with Crippen molar-refractivity contribution in [2.45, 2.75) is 13.1 Å². The number of methoxy groups -OCH3 is 1. The molecule has 0 saturated carbocycles. The number of nitrogens with zero attached hydrogens (tertiary/aromatic N) is 3. The maximum Gasteiger partial charge on any atom is 0.421 e. The Kier molecular flexibility index (Phi) is 4.83. The molecule has 0 aliphatic heterocycles. The number of ether oxygens (including phenoxy) is 1. The molecular formula is C20H15F3N4OS. The third-order valence-electron chi connectivity index (χ3n) is 4.38. The molecule has 4 rings (SSSR count). The normalized spacial score (nSPS) is 11.6. The number of aromatic nitrogens is 3. The third kappa shape index (κ3) is 3.73. The number of pyridine rings is 2. The molecule has 0 fully saturated rings. The first-order chi connectivity index (χ1) is 13.9. The number of halogens is 3. The molecule has 29 heavy (non-hydrogen) atoms. The predicted molar refractivity (Wildman–Crippen MR) is 107 cm³/mol. The van der Waals surface area contributed by atoms with Gasteiger partial charge >= 0.3 is 6.18 Å². The lowest BCUT2D eigenvalue weighted by molar-refractivity contribution is -0.139. The average molecular weight is 416 g/mol. The van der Waals surface area contributed by atoms with Gasteiger partial charge in [-0.3, -0.25) is 4.98 Å². The molecule has 0 aliphatic rings. The van der Waals surface area contributed by atoms with Gasteiger partial charge in [-0.1, -0.05) is 12.1 Å². The van der Waals surface area contributed by atoms with Crippen LogP contribution in [0.1, 0.15) is 10.4 Å². The summed E-state index contributed by atoms with van der Waals surface area (Å²) in [6.07, 6.45) is -2.91. The molecule has 5 nitrogen and oxygen atoms in total. The molecule has 0 amide bonds. The molecule has 0 atom stereocenters. The van der Waals surface area contributed by atoms with E-state index in [-0.39, 0.29) is 5.82 Å². The van der Waals surface area contributed by atoms with Crippen LogP contribution in [0.3, 0.4) is 0 Å². The number of benzene rings is 1. The van der Waals surface area contributed by atoms with Crippen molar-refractivity contribution >= 4 is 33.7 Å². The van der Waals surface area contributed by atoms with Crippen LogP contribution in [0, 0.1) is 6.92 Å². The van der Waals surface area contributed by atoms with Crippen LogP contribution in [0.15, 0.2) is 48.1 Å². The van der Waals surface area contributed by atoms with E-state index < -0.39 is 17.6 Å². The van der Waals surface area contributed by atoms with E-state index in [0.29, 0.717) is 5.69 Å². The summed E-state index contributed by atoms with van der Waals surface area (Å²) in [5.74, 6) is -0.246. The van der Waals surface area contributed by atoms with Gasteiger partial charge in [-0.25, -0.2) is 4.98 Å². The van der Waals surface area contributed by atoms with E-state index in [1.54, 1.807) is 29.1 Å². The number of hydrogen-bond acceptors (Lipinski definition) is 6. The molecule has 0 aliphatic carbocycles. The Bertz CT molecular complexity index is 1190. The second kappa shape index (κ2) is 7.32. The van der Waals surface area contributed by atoms with Crippen LogP contribution in [0.5, 0.6) is 5.88 Å². The lowest BCUT2D eigenvalue weighted by Gasteiger charge is -2.14. The number of fused-ring (bicyclic) bond motifs is 1. The molecule has 1 aromatic carbocycles. The third-order valence-corrected chi connectivity index (χ3v) is 5.14. The van der Waals surface area contributed by atoms with Crippen LogP contribution in [0.4, 0.5) is 24.7 Å². The first kappa shape index (κ1) is 19.1. The first-order valence-corrected chi connectivity index (χ1v) is 9.43. The van der Waals surface area contributed by atoms with Crippen molar-refractivity contribution in [3.05, 3.63) is 58.5 Å². The standard InChI is InChI=1S/C20H15F3N4OS/c1-11-18(25-10-29-11)12-3-4-13-15(7-8-24-16(13)9-12)26-17-6-5-14(20(21,22)23)19(27-17)28-2/h3-10H,1-2H3,(H,24,26,27). The number of hydrogen-bond donors (Lipinski definition) is 1. The minimum absolute atomic E-state index is 0.238. The monoisotopic (exact) mass is 416 g/mol. The van der Waals surface area contributed by atoms with Crippen LogP contribution in [-0.4, -0.2) is 22.1 Å². The molecule has 0 unspecified atom stereocenters. The van der Waals surface area contributed by atoms with Crippen LogP contribution in [0.25, 0.3) is 22.2 Å². The number of thiazole rings is 1. The van der Waals surface area contributed by atoms with Crippen molar-refractivity contribution in [3.8, 4) is 17.1 Å². The van der Waals surface area contributed by atoms with Gasteiger partial charge in [-0.05, 0) is 31.2 Å². The van der Waals surface area contributed by atoms with E-state index >= 15 is 0 Å². The number of anilines is 2. The fourth-order valence-electron chi connectivity index (χ4n) is 3.01. The maximum atomic E-state index is 13.0. The average Bonchev–Trinajstić information content (AvgIpc) is 3.12. The molecule has 0 saturated heterocycles. The van der Waals surface area contributed by atoms with Gasteiger partial charge < -0.3 is 10.1 Å². The van der Waals surface area contributed by atoms with E-state index in [0.717, 1.165) is 40.2 Å². The van der Waals surface area contributed by atoms with Gasteiger partial charge in [0.1, 0.15) is 11.4 Å². The zero-order valence-electron chi connectivity index (χ0n) is 15.4. The van der Waals surface area contributed by atoms with Gasteiger partial charge in [0.05, 0.1) is 29.5 Å². The smallest absolute Gasteiger partial charge is 0.421 e. The Labute approximate surface area is 168 Å². The summed E-state index contributed by atoms with van der Waals surface area (Å²) in [6, 6.07) is 9.73. The molecule has 3 heterocycles. The lowest BCUT2D eigenvalue weighted by Crippen LogP contribution is -2.09. The SMILES string of the molecule is COc1nc(Nc2ccnc3cc(-c4ncsc4C)ccc23)ccc1C(F)(F)F. The maximum absolute atomic E-state index is 13.0. The van der Waals surface area contributed by atoms with E-state index in [4.69, 9.17) is 4.74 Å². The number of nitrogens with one attached hydrogen (secondary N) is 1. The van der Waals surface area contributed by atoms with Gasteiger partial charge in [0.15, 0.2) is 0 Å². The van der Waals surface area contributed by atoms with E-state index in [9.17, 15) is 13.2 Å². The summed E-state index contributed by atoms with van der Waals surface area (Å²) in [6.45, 7) is 2.01. The minimum Gasteiger partial charge on any atom is -0.481 e. The topological polar surface area (TPSA) is 59.9 Å². The van der Waals surface area contributed by atoms with Crippen molar-refractivity contribution in [2.24, 2.45) is 0 Å². The molecule has 9 heteroatoms. The summed E-state index contributed by atoms with van der Waals surface area (Å²) < 4.78 is 43.9. The van der Waals surface area contributed by atoms with Crippen molar-refractivity contribution in [1.29, 1.82) is 0 Å². The molecule has 148 valence electrons. The van der Waals surface area contributed by atoms with Crippen molar-refractivity contribution in [1.82, 2.24) is 15.0 Å². The molecule has 0 spiro atoms. The van der Waals surface area contributed by atoms with E-state index in [2.05, 4.69) is 20.3 Å². The zero-order valence-corrected chi connectivity index (χ0v) is 16.2. The predicted octanol–water partition coefficient (Wildman–Crippen LogP) is 5.83. The number of rotatable bonds is 4. The minimum atomic E-state index is -4.54. The number of aryl methyl sites for hydroxylation is 1. The van der Waals surface area contributed by atoms with Crippen molar-refractivity contribution in [2.75, 3.05) is 12.4 Å². The van der Waals surface area contributed by atoms with Crippen LogP contribution in [0.2, 0.25) is 0 Å². The van der Waals surface area contributed by atoms with Crippen LogP contribution in [-0.2, 0) is 6.18 Å². The fraction of sp³-hybridized carbons (Fsp3) is 0.150. The Hall–Kier alpha value is -3.20. The lowest BCUT2D eigenvalue weighted by atomic mass is 10.1. The van der Waals surface area contributed by atoms with Crippen LogP contribution < -0.4 is 10.1 Å². The summed E-state index contributed by atoms with van der Waals surface area (Å²) in [7, 11) is 1.16. The molecule has 4 aromatic rings. The van der Waals surface area contributed by atoms with Gasteiger partial charge in [0, 0.05) is 22.0 Å². The van der Waals surface area contributed by atoms with Gasteiger partial charge in [-0.2, -0.15) is 18.2 Å². The highest BCUT2D eigenvalue weighted by atomic mass is 32.1. The largest absolute Gasteiger partial charge is 0.481 e. The zero-order chi connectivity index (χ0) is 20.6. The Morgan fingerprint density at radius 1 is 1.07 bits per heavy atom. The Morgan fingerprint density at radius 3 is 2.59 bits per heavy atom. The van der Waals surface area contributed by atoms with Crippen molar-refractivity contribution in [3.63, 3.8) is 0 Å². The number of alkyl halides is 3. The quantitative estimate of drug-likeness (QED) is 0.453. The summed E-state index contributed by atoms with van der Waals surface area (Å²) in [5, 5.41) is 3.86. The highest BCUT2D eigenvalue weighted by Gasteiger charge is 2.35. The van der Waals surface area contributed by atoms with E-state index in [1.165, 1.54) is 6.07 Å². The highest BCUT2D eigenvalue weighted by Crippen LogP contribution is 2.36. The summed E-state index contributed by atoms with van der Waals surface area (Å²) in [5.41, 5.74) is 4.14. The van der Waals surface area contributed by atoms with E-state index in [1.807, 2.05) is 25.1 Å². The van der Waals surface area contributed by atoms with Gasteiger partial charge in [-0.15, -0.1) is 11.3 Å². The van der Waals surface area contributed by atoms with Crippen molar-refractivity contribution < 1.29 is 17.9 Å². The second-order valence-electron chi connectivity index (χ2n) is 6.22. The summed E-state index contributed by atoms with van der Waals surface area (Å²) >= 11 is 1.57. The van der Waals surface area contributed by atoms with Gasteiger partial charge in [0.2, 0.25) is 5.88 Å². The molecular weight excluding hydrogens is 401 g/mol. The highest BCUT2D eigenvalue weighted by molar-refractivity contribution is 7.10. The molecule has 1 N–H and O–H groups in total. The second-order valence-corrected chi connectivity index (χ2v) is 7.28. The fourth-order valence-corrected chi connectivity index (χ4v) is 3.60. The first-order valence-electron chi connectivity index (χ1n) is 8.55. The van der Waals surface area contributed by atoms with Gasteiger partial charge in [0.25, 0.3) is 0 Å². The summed E-state index contributed by atoms with van der Waals surface area (Å²) in [4.78, 5) is 13.9. The Morgan fingerprint density at radius 2 is 1.90 bits per heavy atom. The molecule has 0 bridgehead atoms. The van der Waals surface area contributed by atoms with Crippen LogP contribution >= 0.6 is 11.3 Å². The molecule has 3 aromatic heterocycles. The Balaban J connectivity index is 1.71. The molecule has 0 radical (unpaired) electrons.